The maximum absolute atomic E-state index is 10.4. The monoisotopic (exact) mass is 195 g/mol. The second-order valence-corrected chi connectivity index (χ2v) is 4.00. The van der Waals surface area contributed by atoms with Gasteiger partial charge in [-0.15, -0.1) is 0 Å². The number of hydrogen-bond acceptors (Lipinski definition) is 3. The molecule has 1 aromatic heterocycles. The van der Waals surface area contributed by atoms with Crippen LogP contribution in [0.2, 0.25) is 0 Å². The van der Waals surface area contributed by atoms with E-state index in [9.17, 15) is 4.79 Å². The van der Waals surface area contributed by atoms with Gasteiger partial charge in [0.1, 0.15) is 0 Å². The van der Waals surface area contributed by atoms with Gasteiger partial charge in [0.25, 0.3) is 0 Å². The van der Waals surface area contributed by atoms with Crippen LogP contribution in [0.25, 0.3) is 0 Å². The molecule has 0 spiro atoms. The third kappa shape index (κ3) is 1.83. The van der Waals surface area contributed by atoms with Crippen molar-refractivity contribution in [3.8, 4) is 0 Å². The van der Waals surface area contributed by atoms with E-state index in [4.69, 9.17) is 5.11 Å². The summed E-state index contributed by atoms with van der Waals surface area (Å²) in [5, 5.41) is 8.58. The first kappa shape index (κ1) is 8.56. The first-order chi connectivity index (χ1) is 6.25. The van der Waals surface area contributed by atoms with Gasteiger partial charge >= 0.3 is 5.97 Å². The smallest absolute Gasteiger partial charge is 0.307 e. The van der Waals surface area contributed by atoms with Crippen LogP contribution in [-0.2, 0) is 22.7 Å². The van der Waals surface area contributed by atoms with Gasteiger partial charge in [-0.05, 0) is 11.1 Å². The Balaban J connectivity index is 2.25. The van der Waals surface area contributed by atoms with E-state index in [0.29, 0.717) is 0 Å². The first-order valence-electron chi connectivity index (χ1n) is 4.02. The largest absolute Gasteiger partial charge is 0.481 e. The van der Waals surface area contributed by atoms with Crippen molar-refractivity contribution < 1.29 is 9.90 Å². The number of carboxylic acid groups (broad SMARTS) is 1. The molecule has 13 heavy (non-hydrogen) atoms. The normalized spacial score (nSPS) is 14.2. The van der Waals surface area contributed by atoms with Gasteiger partial charge in [0, 0.05) is 17.7 Å². The highest BCUT2D eigenvalue weighted by Crippen LogP contribution is 2.28. The molecule has 68 valence electrons. The molecule has 0 atom stereocenters. The van der Waals surface area contributed by atoms with Gasteiger partial charge in [-0.25, -0.2) is 0 Å². The maximum Gasteiger partial charge on any atom is 0.307 e. The minimum atomic E-state index is -0.799. The quantitative estimate of drug-likeness (QED) is 0.776. The summed E-state index contributed by atoms with van der Waals surface area (Å²) in [6, 6.07) is 1.95. The molecule has 1 aliphatic heterocycles. The fraction of sp³-hybridized carbons (Fsp3) is 0.333. The molecular weight excluding hydrogens is 186 g/mol. The standard InChI is InChI=1S/C9H9NO2S/c11-9(12)2-6-1-7-4-13-5-8(7)10-3-6/h1,3H,2,4-5H2,(H,11,12). The van der Waals surface area contributed by atoms with Gasteiger partial charge in [-0.1, -0.05) is 6.07 Å². The van der Waals surface area contributed by atoms with Crippen molar-refractivity contribution in [2.24, 2.45) is 0 Å². The molecule has 0 bridgehead atoms. The number of carboxylic acids is 1. The van der Waals surface area contributed by atoms with E-state index in [1.165, 1.54) is 5.56 Å². The van der Waals surface area contributed by atoms with Gasteiger partial charge in [-0.2, -0.15) is 11.8 Å². The highest BCUT2D eigenvalue weighted by molar-refractivity contribution is 7.98. The van der Waals surface area contributed by atoms with E-state index in [1.54, 1.807) is 6.20 Å². The molecule has 1 aliphatic rings. The van der Waals surface area contributed by atoms with Crippen LogP contribution in [0.4, 0.5) is 0 Å². The van der Waals surface area contributed by atoms with Crippen molar-refractivity contribution in [1.29, 1.82) is 0 Å². The highest BCUT2D eigenvalue weighted by atomic mass is 32.2. The Morgan fingerprint density at radius 2 is 2.46 bits per heavy atom. The van der Waals surface area contributed by atoms with Crippen molar-refractivity contribution in [2.45, 2.75) is 17.9 Å². The minimum absolute atomic E-state index is 0.0744. The molecule has 0 unspecified atom stereocenters. The zero-order valence-electron chi connectivity index (χ0n) is 6.99. The molecule has 4 heteroatoms. The average molecular weight is 195 g/mol. The summed E-state index contributed by atoms with van der Waals surface area (Å²) >= 11 is 1.82. The van der Waals surface area contributed by atoms with E-state index in [-0.39, 0.29) is 6.42 Å². The van der Waals surface area contributed by atoms with E-state index >= 15 is 0 Å². The number of fused-ring (bicyclic) bond motifs is 1. The van der Waals surface area contributed by atoms with E-state index in [1.807, 2.05) is 17.8 Å². The van der Waals surface area contributed by atoms with Crippen LogP contribution in [0.15, 0.2) is 12.3 Å². The Morgan fingerprint density at radius 3 is 3.23 bits per heavy atom. The number of pyridine rings is 1. The second-order valence-electron chi connectivity index (χ2n) is 3.01. The topological polar surface area (TPSA) is 50.2 Å². The lowest BCUT2D eigenvalue weighted by Gasteiger charge is -2.00. The number of aliphatic carboxylic acids is 1. The number of nitrogens with zero attached hydrogens (tertiary/aromatic N) is 1. The predicted molar refractivity (Wildman–Crippen MR) is 50.6 cm³/mol. The molecule has 0 radical (unpaired) electrons. The average Bonchev–Trinajstić information content (AvgIpc) is 2.49. The molecule has 0 saturated carbocycles. The molecule has 2 heterocycles. The van der Waals surface area contributed by atoms with Crippen LogP contribution in [0, 0.1) is 0 Å². The van der Waals surface area contributed by atoms with Crippen LogP contribution < -0.4 is 0 Å². The Hall–Kier alpha value is -1.03. The van der Waals surface area contributed by atoms with Crippen molar-refractivity contribution in [2.75, 3.05) is 0 Å². The van der Waals surface area contributed by atoms with Crippen molar-refractivity contribution in [3.05, 3.63) is 29.1 Å². The summed E-state index contributed by atoms with van der Waals surface area (Å²) in [5.74, 6) is 1.13. The first-order valence-corrected chi connectivity index (χ1v) is 5.17. The van der Waals surface area contributed by atoms with E-state index < -0.39 is 5.97 Å². The van der Waals surface area contributed by atoms with Crippen molar-refractivity contribution >= 4 is 17.7 Å². The molecule has 1 N–H and O–H groups in total. The summed E-state index contributed by atoms with van der Waals surface area (Å²) < 4.78 is 0. The second kappa shape index (κ2) is 3.38. The Bertz CT molecular complexity index is 351. The van der Waals surface area contributed by atoms with Gasteiger partial charge in [-0.3, -0.25) is 9.78 Å². The molecule has 3 nitrogen and oxygen atoms in total. The van der Waals surface area contributed by atoms with E-state index in [2.05, 4.69) is 4.98 Å². The lowest BCUT2D eigenvalue weighted by molar-refractivity contribution is -0.136. The molecule has 0 saturated heterocycles. The number of aromatic nitrogens is 1. The third-order valence-electron chi connectivity index (χ3n) is 1.97. The minimum Gasteiger partial charge on any atom is -0.481 e. The summed E-state index contributed by atoms with van der Waals surface area (Å²) in [7, 11) is 0. The zero-order valence-corrected chi connectivity index (χ0v) is 7.80. The number of thioether (sulfide) groups is 1. The molecule has 0 amide bonds. The molecular formula is C9H9NO2S. The third-order valence-corrected chi connectivity index (χ3v) is 2.96. The number of carbonyl (C=O) groups is 1. The summed E-state index contributed by atoms with van der Waals surface area (Å²) in [4.78, 5) is 14.7. The summed E-state index contributed by atoms with van der Waals surface area (Å²) in [5.41, 5.74) is 3.11. The van der Waals surface area contributed by atoms with Crippen LogP contribution >= 0.6 is 11.8 Å². The lowest BCUT2D eigenvalue weighted by Crippen LogP contribution is -2.01. The predicted octanol–water partition coefficient (Wildman–Crippen LogP) is 1.46. The summed E-state index contributed by atoms with van der Waals surface area (Å²) in [6.07, 6.45) is 1.74. The fourth-order valence-corrected chi connectivity index (χ4v) is 2.40. The maximum atomic E-state index is 10.4. The molecule has 2 rings (SSSR count). The Morgan fingerprint density at radius 1 is 1.62 bits per heavy atom. The molecule has 1 aromatic rings. The van der Waals surface area contributed by atoms with Gasteiger partial charge in [0.05, 0.1) is 12.1 Å². The number of hydrogen-bond donors (Lipinski definition) is 1. The SMILES string of the molecule is O=C(O)Cc1cnc2c(c1)CSC2. The molecule has 0 fully saturated rings. The van der Waals surface area contributed by atoms with Gasteiger partial charge in [0.15, 0.2) is 0 Å². The fourth-order valence-electron chi connectivity index (χ4n) is 1.37. The van der Waals surface area contributed by atoms with Crippen molar-refractivity contribution in [1.82, 2.24) is 4.98 Å². The van der Waals surface area contributed by atoms with Crippen molar-refractivity contribution in [3.63, 3.8) is 0 Å². The van der Waals surface area contributed by atoms with Crippen LogP contribution in [0.3, 0.4) is 0 Å². The van der Waals surface area contributed by atoms with Gasteiger partial charge < -0.3 is 5.11 Å². The van der Waals surface area contributed by atoms with Crippen LogP contribution in [0.1, 0.15) is 16.8 Å². The zero-order chi connectivity index (χ0) is 9.26. The van der Waals surface area contributed by atoms with Crippen LogP contribution in [0.5, 0.6) is 0 Å². The lowest BCUT2D eigenvalue weighted by atomic mass is 10.1. The molecule has 0 aliphatic carbocycles. The van der Waals surface area contributed by atoms with Crippen LogP contribution in [-0.4, -0.2) is 16.1 Å². The molecule has 0 aromatic carbocycles. The van der Waals surface area contributed by atoms with E-state index in [0.717, 1.165) is 22.8 Å². The number of rotatable bonds is 2. The highest BCUT2D eigenvalue weighted by Gasteiger charge is 2.13. The summed E-state index contributed by atoms with van der Waals surface area (Å²) in [6.45, 7) is 0. The Labute approximate surface area is 80.2 Å². The van der Waals surface area contributed by atoms with Gasteiger partial charge in [0.2, 0.25) is 0 Å². The Kier molecular flexibility index (Phi) is 2.22.